The number of rotatable bonds is 25. The van der Waals surface area contributed by atoms with Gasteiger partial charge in [-0.1, -0.05) is 84.3 Å². The summed E-state index contributed by atoms with van der Waals surface area (Å²) in [5.74, 6) is -1.06. The molecule has 8 nitrogen and oxygen atoms in total. The lowest BCUT2D eigenvalue weighted by Crippen LogP contribution is -2.46. The zero-order valence-electron chi connectivity index (χ0n) is 24.4. The average molecular weight is 541 g/mol. The minimum atomic E-state index is -1.36. The van der Waals surface area contributed by atoms with Crippen LogP contribution in [0.2, 0.25) is 0 Å². The molecule has 0 aromatic rings. The van der Waals surface area contributed by atoms with Gasteiger partial charge in [0.2, 0.25) is 11.8 Å². The van der Waals surface area contributed by atoms with E-state index in [1.807, 2.05) is 0 Å². The molecule has 4 N–H and O–H groups in total. The molecule has 2 amide bonds. The standard InChI is InChI=1S/C30H56N2O6/c1-4-5-6-7-8-9-10-11-12-13-14-15-16-17-18-20-26(34)31-22-19-24-38-27(35)21-23-32-29(37)28(36)30(2,3)25-33/h11-12,28,33,36H,4-10,13-25H2,1-3H3,(H,31,34)(H,32,37)/b12-11-. The van der Waals surface area contributed by atoms with Crippen molar-refractivity contribution in [3.05, 3.63) is 12.2 Å². The Balaban J connectivity index is 3.52. The van der Waals surface area contributed by atoms with Gasteiger partial charge in [-0.2, -0.15) is 0 Å². The Hall–Kier alpha value is -1.93. The van der Waals surface area contributed by atoms with Crippen LogP contribution in [0.4, 0.5) is 0 Å². The summed E-state index contributed by atoms with van der Waals surface area (Å²) in [4.78, 5) is 35.5. The first-order chi connectivity index (χ1) is 18.2. The topological polar surface area (TPSA) is 125 Å². The monoisotopic (exact) mass is 540 g/mol. The predicted octanol–water partition coefficient (Wildman–Crippen LogP) is 4.96. The van der Waals surface area contributed by atoms with Gasteiger partial charge in [0.25, 0.3) is 0 Å². The zero-order chi connectivity index (χ0) is 28.5. The van der Waals surface area contributed by atoms with Gasteiger partial charge in [-0.15, -0.1) is 0 Å². The van der Waals surface area contributed by atoms with Crippen LogP contribution in [0.25, 0.3) is 0 Å². The molecule has 0 aliphatic rings. The highest BCUT2D eigenvalue weighted by molar-refractivity contribution is 5.81. The van der Waals surface area contributed by atoms with Crippen molar-refractivity contribution in [1.82, 2.24) is 10.6 Å². The number of aliphatic hydroxyl groups excluding tert-OH is 2. The lowest BCUT2D eigenvalue weighted by Gasteiger charge is -2.27. The molecule has 0 bridgehead atoms. The Kier molecular flexibility index (Phi) is 22.9. The molecule has 222 valence electrons. The number of carbonyl (C=O) groups is 3. The van der Waals surface area contributed by atoms with Crippen molar-refractivity contribution < 1.29 is 29.3 Å². The maximum absolute atomic E-state index is 11.9. The van der Waals surface area contributed by atoms with Crippen molar-refractivity contribution in [3.8, 4) is 0 Å². The summed E-state index contributed by atoms with van der Waals surface area (Å²) in [6.45, 7) is 5.75. The van der Waals surface area contributed by atoms with Crippen LogP contribution >= 0.6 is 0 Å². The average Bonchev–Trinajstić information content (AvgIpc) is 2.90. The molecule has 0 aromatic heterocycles. The molecular formula is C30H56N2O6. The van der Waals surface area contributed by atoms with Crippen LogP contribution in [0, 0.1) is 5.41 Å². The minimum Gasteiger partial charge on any atom is -0.466 e. The second-order valence-electron chi connectivity index (χ2n) is 10.8. The molecule has 0 radical (unpaired) electrons. The van der Waals surface area contributed by atoms with Gasteiger partial charge in [0.1, 0.15) is 6.10 Å². The summed E-state index contributed by atoms with van der Waals surface area (Å²) in [7, 11) is 0. The Morgan fingerprint density at radius 3 is 1.97 bits per heavy atom. The number of carbonyl (C=O) groups excluding carboxylic acids is 3. The predicted molar refractivity (Wildman–Crippen MR) is 153 cm³/mol. The molecule has 0 heterocycles. The number of nitrogens with one attached hydrogen (secondary N) is 2. The number of allylic oxidation sites excluding steroid dienone is 2. The van der Waals surface area contributed by atoms with Crippen molar-refractivity contribution in [2.45, 2.75) is 130 Å². The van der Waals surface area contributed by atoms with Crippen molar-refractivity contribution in [3.63, 3.8) is 0 Å². The van der Waals surface area contributed by atoms with Crippen LogP contribution in [0.1, 0.15) is 124 Å². The van der Waals surface area contributed by atoms with Crippen LogP contribution in [0.3, 0.4) is 0 Å². The summed E-state index contributed by atoms with van der Waals surface area (Å²) in [5, 5.41) is 24.4. The number of esters is 1. The van der Waals surface area contributed by atoms with Crippen LogP contribution < -0.4 is 10.6 Å². The van der Waals surface area contributed by atoms with Crippen molar-refractivity contribution in [1.29, 1.82) is 0 Å². The summed E-state index contributed by atoms with van der Waals surface area (Å²) >= 11 is 0. The molecule has 0 saturated heterocycles. The normalized spacial score (nSPS) is 12.4. The van der Waals surface area contributed by atoms with Gasteiger partial charge in [0.05, 0.1) is 19.6 Å². The van der Waals surface area contributed by atoms with E-state index in [9.17, 15) is 24.6 Å². The number of ether oxygens (including phenoxy) is 1. The first-order valence-corrected chi connectivity index (χ1v) is 14.9. The second kappa shape index (κ2) is 24.1. The Morgan fingerprint density at radius 2 is 1.37 bits per heavy atom. The van der Waals surface area contributed by atoms with Crippen LogP contribution in [0.5, 0.6) is 0 Å². The van der Waals surface area contributed by atoms with E-state index in [-0.39, 0.29) is 32.1 Å². The summed E-state index contributed by atoms with van der Waals surface area (Å²) in [5.41, 5.74) is -0.959. The molecule has 38 heavy (non-hydrogen) atoms. The molecule has 1 atom stereocenters. The molecule has 0 aliphatic carbocycles. The number of unbranched alkanes of at least 4 members (excludes halogenated alkanes) is 11. The fraction of sp³-hybridized carbons (Fsp3) is 0.833. The maximum atomic E-state index is 11.9. The van der Waals surface area contributed by atoms with E-state index in [1.54, 1.807) is 13.8 Å². The lowest BCUT2D eigenvalue weighted by molar-refractivity contribution is -0.144. The van der Waals surface area contributed by atoms with Crippen molar-refractivity contribution in [2.75, 3.05) is 26.3 Å². The van der Waals surface area contributed by atoms with Gasteiger partial charge < -0.3 is 25.6 Å². The lowest BCUT2D eigenvalue weighted by atomic mass is 9.87. The Bertz CT molecular complexity index is 651. The van der Waals surface area contributed by atoms with Crippen LogP contribution in [-0.4, -0.2) is 60.4 Å². The zero-order valence-corrected chi connectivity index (χ0v) is 24.4. The largest absolute Gasteiger partial charge is 0.466 e. The maximum Gasteiger partial charge on any atom is 0.307 e. The molecule has 0 aliphatic heterocycles. The Morgan fingerprint density at radius 1 is 0.789 bits per heavy atom. The first-order valence-electron chi connectivity index (χ1n) is 14.9. The van der Waals surface area contributed by atoms with E-state index >= 15 is 0 Å². The fourth-order valence-corrected chi connectivity index (χ4v) is 3.83. The molecule has 8 heteroatoms. The molecule has 1 unspecified atom stereocenters. The second-order valence-corrected chi connectivity index (χ2v) is 10.8. The molecule has 0 rings (SSSR count). The third-order valence-corrected chi connectivity index (χ3v) is 6.60. The van der Waals surface area contributed by atoms with Crippen molar-refractivity contribution >= 4 is 17.8 Å². The van der Waals surface area contributed by atoms with E-state index in [4.69, 9.17) is 4.74 Å². The number of hydrogen-bond donors (Lipinski definition) is 4. The summed E-state index contributed by atoms with van der Waals surface area (Å²) in [6, 6.07) is 0. The van der Waals surface area contributed by atoms with E-state index < -0.39 is 23.4 Å². The molecule has 0 fully saturated rings. The van der Waals surface area contributed by atoms with Crippen molar-refractivity contribution in [2.24, 2.45) is 5.41 Å². The van der Waals surface area contributed by atoms with Crippen LogP contribution in [-0.2, 0) is 19.1 Å². The van der Waals surface area contributed by atoms with E-state index in [1.165, 1.54) is 57.8 Å². The van der Waals surface area contributed by atoms with E-state index in [0.29, 0.717) is 19.4 Å². The highest BCUT2D eigenvalue weighted by Gasteiger charge is 2.32. The summed E-state index contributed by atoms with van der Waals surface area (Å²) in [6.07, 6.45) is 20.3. The number of amides is 2. The van der Waals surface area contributed by atoms with Gasteiger partial charge in [0.15, 0.2) is 0 Å². The van der Waals surface area contributed by atoms with Gasteiger partial charge in [-0.25, -0.2) is 0 Å². The molecule has 0 aromatic carbocycles. The first kappa shape index (κ1) is 36.1. The molecular weight excluding hydrogens is 484 g/mol. The highest BCUT2D eigenvalue weighted by atomic mass is 16.5. The van der Waals surface area contributed by atoms with Gasteiger partial charge in [0, 0.05) is 24.9 Å². The quantitative estimate of drug-likeness (QED) is 0.0737. The van der Waals surface area contributed by atoms with Gasteiger partial charge in [-0.3, -0.25) is 14.4 Å². The summed E-state index contributed by atoms with van der Waals surface area (Å²) < 4.78 is 5.10. The number of aliphatic hydroxyl groups is 2. The fourth-order valence-electron chi connectivity index (χ4n) is 3.83. The van der Waals surface area contributed by atoms with Gasteiger partial charge >= 0.3 is 5.97 Å². The molecule has 0 saturated carbocycles. The third kappa shape index (κ3) is 21.1. The molecule has 0 spiro atoms. The number of hydrogen-bond acceptors (Lipinski definition) is 6. The SMILES string of the molecule is CCCCCCCC/C=C\CCCCCCCC(=O)NCCCOC(=O)CCNC(=O)C(O)C(C)(C)CO. The van der Waals surface area contributed by atoms with Gasteiger partial charge in [-0.05, 0) is 38.5 Å². The third-order valence-electron chi connectivity index (χ3n) is 6.60. The van der Waals surface area contributed by atoms with E-state index in [0.717, 1.165) is 25.7 Å². The van der Waals surface area contributed by atoms with E-state index in [2.05, 4.69) is 29.7 Å². The highest BCUT2D eigenvalue weighted by Crippen LogP contribution is 2.19. The minimum absolute atomic E-state index is 0.0140. The van der Waals surface area contributed by atoms with Crippen LogP contribution in [0.15, 0.2) is 12.2 Å². The smallest absolute Gasteiger partial charge is 0.307 e. The Labute approximate surface area is 231 Å².